The van der Waals surface area contributed by atoms with Crippen LogP contribution in [0.15, 0.2) is 71.6 Å². The molecule has 4 rings (SSSR count). The van der Waals surface area contributed by atoms with Crippen LogP contribution in [0.3, 0.4) is 0 Å². The van der Waals surface area contributed by atoms with Crippen LogP contribution in [0.5, 0.6) is 5.75 Å². The Balaban J connectivity index is 1.66. The molecule has 4 aromatic rings. The van der Waals surface area contributed by atoms with E-state index in [1.165, 1.54) is 10.8 Å². The molecule has 2 N–H and O–H groups in total. The molecule has 35 heavy (non-hydrogen) atoms. The third-order valence-corrected chi connectivity index (χ3v) is 7.20. The van der Waals surface area contributed by atoms with Gasteiger partial charge in [-0.15, -0.1) is 23.1 Å². The van der Waals surface area contributed by atoms with Gasteiger partial charge in [0.15, 0.2) is 0 Å². The zero-order chi connectivity index (χ0) is 24.8. The fourth-order valence-electron chi connectivity index (χ4n) is 3.43. The lowest BCUT2D eigenvalue weighted by Gasteiger charge is -2.17. The summed E-state index contributed by atoms with van der Waals surface area (Å²) in [6, 6.07) is 13.9. The van der Waals surface area contributed by atoms with Gasteiger partial charge in [-0.05, 0) is 44.4 Å². The summed E-state index contributed by atoms with van der Waals surface area (Å²) < 4.78 is 6.87. The first-order valence-electron chi connectivity index (χ1n) is 11.0. The Morgan fingerprint density at radius 2 is 2.06 bits per heavy atom. The molecule has 0 saturated carbocycles. The molecule has 1 amide bonds. The second-order valence-corrected chi connectivity index (χ2v) is 9.98. The van der Waals surface area contributed by atoms with Crippen molar-refractivity contribution >= 4 is 56.4 Å². The first kappa shape index (κ1) is 24.7. The van der Waals surface area contributed by atoms with Gasteiger partial charge in [-0.25, -0.2) is 9.97 Å². The van der Waals surface area contributed by atoms with Crippen LogP contribution in [0, 0.1) is 0 Å². The van der Waals surface area contributed by atoms with Gasteiger partial charge in [-0.1, -0.05) is 24.8 Å². The van der Waals surface area contributed by atoms with Gasteiger partial charge in [0, 0.05) is 44.4 Å². The third kappa shape index (κ3) is 6.00. The van der Waals surface area contributed by atoms with Gasteiger partial charge >= 0.3 is 0 Å². The number of methoxy groups -OCH3 is 1. The molecule has 0 radical (unpaired) electrons. The molecule has 0 spiro atoms. The second kappa shape index (κ2) is 11.4. The van der Waals surface area contributed by atoms with Gasteiger partial charge in [0.25, 0.3) is 0 Å². The van der Waals surface area contributed by atoms with E-state index >= 15 is 0 Å². The zero-order valence-electron chi connectivity index (χ0n) is 19.9. The van der Waals surface area contributed by atoms with Gasteiger partial charge in [0.2, 0.25) is 11.9 Å². The molecule has 0 atom stereocenters. The summed E-state index contributed by atoms with van der Waals surface area (Å²) in [4.78, 5) is 24.3. The molecule has 2 aromatic heterocycles. The summed E-state index contributed by atoms with van der Waals surface area (Å²) in [6.07, 6.45) is 2.98. The van der Waals surface area contributed by atoms with Crippen molar-refractivity contribution in [1.29, 1.82) is 0 Å². The van der Waals surface area contributed by atoms with Crippen LogP contribution in [0.2, 0.25) is 0 Å². The predicted octanol–water partition coefficient (Wildman–Crippen LogP) is 5.89. The van der Waals surface area contributed by atoms with Crippen LogP contribution in [-0.4, -0.2) is 54.3 Å². The van der Waals surface area contributed by atoms with E-state index in [2.05, 4.69) is 44.6 Å². The van der Waals surface area contributed by atoms with E-state index in [-0.39, 0.29) is 5.91 Å². The Bertz CT molecular complexity index is 1350. The van der Waals surface area contributed by atoms with Crippen molar-refractivity contribution in [3.05, 3.63) is 66.7 Å². The van der Waals surface area contributed by atoms with Gasteiger partial charge in [0.1, 0.15) is 5.75 Å². The predicted molar refractivity (Wildman–Crippen MR) is 147 cm³/mol. The van der Waals surface area contributed by atoms with Crippen molar-refractivity contribution < 1.29 is 9.53 Å². The number of hydrogen-bond donors (Lipinski definition) is 2. The number of amides is 1. The number of hydrogen-bond acceptors (Lipinski definition) is 8. The van der Waals surface area contributed by atoms with Crippen molar-refractivity contribution in [2.45, 2.75) is 4.90 Å². The van der Waals surface area contributed by atoms with E-state index in [0.717, 1.165) is 33.8 Å². The second-order valence-electron chi connectivity index (χ2n) is 7.93. The molecule has 0 fully saturated rings. The maximum atomic E-state index is 12.1. The van der Waals surface area contributed by atoms with E-state index in [1.807, 2.05) is 44.4 Å². The normalized spacial score (nSPS) is 11.0. The van der Waals surface area contributed by atoms with Crippen LogP contribution in [0.4, 0.5) is 17.3 Å². The number of carbonyl (C=O) groups excluding carboxylic acids is 1. The van der Waals surface area contributed by atoms with Gasteiger partial charge < -0.3 is 20.3 Å². The molecular formula is C26H27N5O2S2. The molecule has 2 heterocycles. The summed E-state index contributed by atoms with van der Waals surface area (Å²) in [5.74, 6) is 1.65. The Morgan fingerprint density at radius 3 is 2.83 bits per heavy atom. The molecule has 2 aromatic carbocycles. The van der Waals surface area contributed by atoms with E-state index in [0.29, 0.717) is 23.1 Å². The Kier molecular flexibility index (Phi) is 8.02. The minimum absolute atomic E-state index is 0.279. The summed E-state index contributed by atoms with van der Waals surface area (Å²) in [5.41, 5.74) is 3.21. The maximum absolute atomic E-state index is 12.1. The van der Waals surface area contributed by atoms with Gasteiger partial charge in [-0.3, -0.25) is 4.79 Å². The van der Waals surface area contributed by atoms with E-state index in [9.17, 15) is 4.79 Å². The quantitative estimate of drug-likeness (QED) is 0.206. The number of ether oxygens (including phenoxy) is 1. The monoisotopic (exact) mass is 505 g/mol. The average Bonchev–Trinajstić information content (AvgIpc) is 3.29. The van der Waals surface area contributed by atoms with E-state index in [4.69, 9.17) is 9.72 Å². The smallest absolute Gasteiger partial charge is 0.247 e. The van der Waals surface area contributed by atoms with Crippen molar-refractivity contribution in [2.24, 2.45) is 0 Å². The highest BCUT2D eigenvalue weighted by Gasteiger charge is 2.15. The first-order valence-corrected chi connectivity index (χ1v) is 12.8. The molecule has 0 aliphatic carbocycles. The molecule has 180 valence electrons. The minimum atomic E-state index is -0.279. The fourth-order valence-corrected chi connectivity index (χ4v) is 5.52. The van der Waals surface area contributed by atoms with Gasteiger partial charge in [0.05, 0.1) is 24.2 Å². The van der Waals surface area contributed by atoms with Crippen molar-refractivity contribution in [2.75, 3.05) is 44.1 Å². The highest BCUT2D eigenvalue weighted by Crippen LogP contribution is 2.39. The summed E-state index contributed by atoms with van der Waals surface area (Å²) in [7, 11) is 5.68. The SMILES string of the molecule is C=CC(=O)Nc1cc(Nc2nccc(-c3csc4ccccc34)n2)c(OC)cc1SCCN(C)C. The number of nitrogens with one attached hydrogen (secondary N) is 2. The zero-order valence-corrected chi connectivity index (χ0v) is 21.5. The molecule has 0 unspecified atom stereocenters. The molecule has 0 aliphatic rings. The average molecular weight is 506 g/mol. The van der Waals surface area contributed by atoms with E-state index < -0.39 is 0 Å². The lowest BCUT2D eigenvalue weighted by atomic mass is 10.1. The van der Waals surface area contributed by atoms with Crippen LogP contribution in [0.1, 0.15) is 0 Å². The Labute approximate surface area is 213 Å². The molecule has 7 nitrogen and oxygen atoms in total. The summed E-state index contributed by atoms with van der Waals surface area (Å²) in [6.45, 7) is 4.47. The first-order chi connectivity index (χ1) is 17.0. The molecule has 0 bridgehead atoms. The highest BCUT2D eigenvalue weighted by molar-refractivity contribution is 7.99. The third-order valence-electron chi connectivity index (χ3n) is 5.20. The molecule has 0 aliphatic heterocycles. The number of anilines is 3. The van der Waals surface area contributed by atoms with Crippen LogP contribution in [0.25, 0.3) is 21.3 Å². The Hall–Kier alpha value is -3.40. The Morgan fingerprint density at radius 1 is 1.23 bits per heavy atom. The number of aromatic nitrogens is 2. The number of thioether (sulfide) groups is 1. The van der Waals surface area contributed by atoms with Crippen LogP contribution < -0.4 is 15.4 Å². The summed E-state index contributed by atoms with van der Waals surface area (Å²) in [5, 5.41) is 9.44. The largest absolute Gasteiger partial charge is 0.495 e. The van der Waals surface area contributed by atoms with Crippen molar-refractivity contribution in [3.63, 3.8) is 0 Å². The molecule has 9 heteroatoms. The molecular weight excluding hydrogens is 478 g/mol. The number of nitrogens with zero attached hydrogens (tertiary/aromatic N) is 3. The fraction of sp³-hybridized carbons (Fsp3) is 0.192. The van der Waals surface area contributed by atoms with Gasteiger partial charge in [-0.2, -0.15) is 0 Å². The number of carbonyl (C=O) groups is 1. The van der Waals surface area contributed by atoms with Crippen LogP contribution >= 0.6 is 23.1 Å². The van der Waals surface area contributed by atoms with Crippen molar-refractivity contribution in [1.82, 2.24) is 14.9 Å². The van der Waals surface area contributed by atoms with E-state index in [1.54, 1.807) is 36.4 Å². The van der Waals surface area contributed by atoms with Crippen LogP contribution in [-0.2, 0) is 4.79 Å². The topological polar surface area (TPSA) is 79.4 Å². The highest BCUT2D eigenvalue weighted by atomic mass is 32.2. The summed E-state index contributed by atoms with van der Waals surface area (Å²) >= 11 is 3.34. The number of benzene rings is 2. The van der Waals surface area contributed by atoms with Crippen molar-refractivity contribution in [3.8, 4) is 17.0 Å². The number of thiophene rings is 1. The number of rotatable bonds is 10. The standard InChI is InChI=1S/C26H27N5O2S2/c1-5-25(32)28-21-14-20(22(33-4)15-24(21)34-13-12-31(2)3)30-26-27-11-10-19(29-26)18-16-35-23-9-7-6-8-17(18)23/h5-11,14-16H,1,12-13H2,2-4H3,(H,28,32)(H,27,29,30). The minimum Gasteiger partial charge on any atom is -0.495 e. The number of fused-ring (bicyclic) bond motifs is 1. The molecule has 0 saturated heterocycles. The lowest BCUT2D eigenvalue weighted by Crippen LogP contribution is -2.15. The lowest BCUT2D eigenvalue weighted by molar-refractivity contribution is -0.111. The maximum Gasteiger partial charge on any atom is 0.247 e.